The molecule has 0 aliphatic heterocycles. The van der Waals surface area contributed by atoms with Crippen LogP contribution in [0.2, 0.25) is 119 Å². The van der Waals surface area contributed by atoms with Crippen molar-refractivity contribution in [2.75, 3.05) is 26.4 Å². The number of carbonyl (C=O) groups is 5. The molecule has 328 valence electrons. The number of carbonyl (C=O) groups excluding carboxylic acids is 5. The second-order valence-electron chi connectivity index (χ2n) is 20.4. The molecule has 0 amide bonds. The molecule has 15 heteroatoms. The number of ether oxygens (including phenoxy) is 4. The van der Waals surface area contributed by atoms with Crippen LogP contribution in [0.1, 0.15) is 85.5 Å². The largest absolute Gasteiger partial charge is 0.520 e. The summed E-state index contributed by atoms with van der Waals surface area (Å²) in [4.78, 5) is 65.4. The molecular weight excluding hydrogens is 793 g/mol. The zero-order valence-corrected chi connectivity index (χ0v) is 43.7. The minimum atomic E-state index is -2.08. The van der Waals surface area contributed by atoms with Crippen molar-refractivity contribution in [3.05, 3.63) is 0 Å². The molecule has 10 nitrogen and oxygen atoms in total. The summed E-state index contributed by atoms with van der Waals surface area (Å²) in [5.74, 6) is -1.95. The molecule has 0 rings (SSSR count). The predicted octanol–water partition coefficient (Wildman–Crippen LogP) is 11.1. The van der Waals surface area contributed by atoms with Gasteiger partial charge in [-0.3, -0.25) is 19.2 Å². The maximum absolute atomic E-state index is 13.8. The molecule has 56 heavy (non-hydrogen) atoms. The quantitative estimate of drug-likeness (QED) is 0.0406. The summed E-state index contributed by atoms with van der Waals surface area (Å²) in [5, 5.41) is 0. The minimum Gasteiger partial charge on any atom is -0.520 e. The molecule has 0 aromatic heterocycles. The Balaban J connectivity index is 5.82. The van der Waals surface area contributed by atoms with E-state index in [1.165, 1.54) is 0 Å². The molecule has 0 radical (unpaired) electrons. The molecule has 0 fully saturated rings. The molecule has 0 bridgehead atoms. The van der Waals surface area contributed by atoms with E-state index in [9.17, 15) is 24.0 Å². The van der Waals surface area contributed by atoms with Gasteiger partial charge >= 0.3 is 23.9 Å². The van der Waals surface area contributed by atoms with Crippen LogP contribution in [0.4, 0.5) is 0 Å². The first-order valence-corrected chi connectivity index (χ1v) is 38.3. The first kappa shape index (κ1) is 54.4. The summed E-state index contributed by atoms with van der Waals surface area (Å²) in [7, 11) is -9.80. The van der Waals surface area contributed by atoms with E-state index in [2.05, 4.69) is 79.7 Å². The fourth-order valence-corrected chi connectivity index (χ4v) is 17.1. The van der Waals surface area contributed by atoms with Crippen molar-refractivity contribution in [1.82, 2.24) is 0 Å². The molecule has 0 aromatic carbocycles. The van der Waals surface area contributed by atoms with E-state index in [0.717, 1.165) is 56.7 Å². The maximum Gasteiger partial charge on any atom is 0.344 e. The van der Waals surface area contributed by atoms with Crippen molar-refractivity contribution in [1.29, 1.82) is 0 Å². The number of hydrogen-bond acceptors (Lipinski definition) is 10. The lowest BCUT2D eigenvalue weighted by atomic mass is 10.3. The van der Waals surface area contributed by atoms with Crippen LogP contribution in [0.15, 0.2) is 0 Å². The summed E-state index contributed by atoms with van der Waals surface area (Å²) >= 11 is 0. The monoisotopic (exact) mass is 876 g/mol. The van der Waals surface area contributed by atoms with Crippen LogP contribution in [-0.4, -0.2) is 96.9 Å². The van der Waals surface area contributed by atoms with Crippen LogP contribution in [-0.2, 0) is 47.3 Å². The number of rotatable bonds is 29. The molecule has 0 aromatic rings. The molecule has 0 spiro atoms. The predicted molar refractivity (Wildman–Crippen MR) is 243 cm³/mol. The molecular formula is C41H84O10Si5. The summed E-state index contributed by atoms with van der Waals surface area (Å²) in [6.45, 7) is 33.6. The van der Waals surface area contributed by atoms with Gasteiger partial charge in [0.15, 0.2) is 6.61 Å². The highest BCUT2D eigenvalue weighted by molar-refractivity contribution is 6.82. The van der Waals surface area contributed by atoms with Gasteiger partial charge in [0.05, 0.1) is 52.1 Å². The topological polar surface area (TPSA) is 132 Å². The van der Waals surface area contributed by atoms with Crippen molar-refractivity contribution in [2.45, 2.75) is 204 Å². The van der Waals surface area contributed by atoms with Crippen LogP contribution in [0.5, 0.6) is 0 Å². The minimum absolute atomic E-state index is 0.0220. The third kappa shape index (κ3) is 22.5. The van der Waals surface area contributed by atoms with E-state index in [1.807, 2.05) is 26.6 Å². The highest BCUT2D eigenvalue weighted by atomic mass is 28.4. The number of hydrogen-bond donors (Lipinski definition) is 0. The highest BCUT2D eigenvalue weighted by Crippen LogP contribution is 2.41. The van der Waals surface area contributed by atoms with Crippen molar-refractivity contribution in [3.63, 3.8) is 0 Å². The average molecular weight is 878 g/mol. The van der Waals surface area contributed by atoms with E-state index >= 15 is 0 Å². The van der Waals surface area contributed by atoms with Gasteiger partial charge in [0, 0.05) is 24.8 Å². The van der Waals surface area contributed by atoms with Crippen LogP contribution >= 0.6 is 0 Å². The van der Waals surface area contributed by atoms with E-state index in [0.29, 0.717) is 0 Å². The molecule has 0 heterocycles. The Hall–Kier alpha value is -1.57. The average Bonchev–Trinajstić information content (AvgIpc) is 3.06. The summed E-state index contributed by atoms with van der Waals surface area (Å²) in [6, 6.07) is 3.33. The van der Waals surface area contributed by atoms with Gasteiger partial charge in [0.2, 0.25) is 8.32 Å². The number of esters is 4. The lowest BCUT2D eigenvalue weighted by Gasteiger charge is -2.40. The molecule has 0 saturated heterocycles. The Morgan fingerprint density at radius 1 is 0.464 bits per heavy atom. The van der Waals surface area contributed by atoms with Crippen molar-refractivity contribution in [2.24, 2.45) is 0 Å². The van der Waals surface area contributed by atoms with Crippen molar-refractivity contribution >= 4 is 70.5 Å². The Labute approximate surface area is 347 Å². The first-order chi connectivity index (χ1) is 25.6. The van der Waals surface area contributed by atoms with Crippen LogP contribution < -0.4 is 0 Å². The Morgan fingerprint density at radius 3 is 1.23 bits per heavy atom. The first-order valence-electron chi connectivity index (χ1n) is 21.5. The van der Waals surface area contributed by atoms with Gasteiger partial charge in [0.25, 0.3) is 5.97 Å². The van der Waals surface area contributed by atoms with Gasteiger partial charge in [-0.2, -0.15) is 0 Å². The normalized spacial score (nSPS) is 14.9. The van der Waals surface area contributed by atoms with Gasteiger partial charge in [0.1, 0.15) is 0 Å². The van der Waals surface area contributed by atoms with Gasteiger partial charge in [-0.1, -0.05) is 143 Å². The summed E-state index contributed by atoms with van der Waals surface area (Å²) in [5.41, 5.74) is -0.528. The lowest BCUT2D eigenvalue weighted by Crippen LogP contribution is -2.44. The van der Waals surface area contributed by atoms with Crippen LogP contribution in [0, 0.1) is 0 Å². The number of unbranched alkanes of at least 4 members (excludes halogenated alkanes) is 3. The summed E-state index contributed by atoms with van der Waals surface area (Å²) in [6.07, 6.45) is 6.96. The smallest absolute Gasteiger partial charge is 0.344 e. The zero-order valence-electron chi connectivity index (χ0n) is 38.7. The molecule has 0 aliphatic rings. The fourth-order valence-electron chi connectivity index (χ4n) is 6.59. The fraction of sp³-hybridized carbons (Fsp3) is 0.878. The van der Waals surface area contributed by atoms with Crippen molar-refractivity contribution in [3.8, 4) is 0 Å². The van der Waals surface area contributed by atoms with Crippen LogP contribution in [0.25, 0.3) is 0 Å². The highest BCUT2D eigenvalue weighted by Gasteiger charge is 2.43. The maximum atomic E-state index is 13.8. The van der Waals surface area contributed by atoms with Gasteiger partial charge in [-0.25, -0.2) is 4.79 Å². The van der Waals surface area contributed by atoms with E-state index in [4.69, 9.17) is 23.4 Å². The van der Waals surface area contributed by atoms with Crippen LogP contribution in [0.3, 0.4) is 0 Å². The molecule has 0 saturated carbocycles. The standard InChI is InChI=1S/C41H84O10Si5/c1-17-20-23-56(24-21-18-2,25-22-19-3)36(31-50-41(46)33(4)52(5,6)7)28-38(43)47-29-34(53(8,9)10)26-37(42)49-32-40(45)48-30-35(54(11,12)13)27-39(44)51-55(14,15)16/h33-36H,17-32H2,1-16H3. The third-order valence-corrected chi connectivity index (χ3v) is 26.8. The van der Waals surface area contributed by atoms with E-state index in [-0.39, 0.29) is 79.2 Å². The van der Waals surface area contributed by atoms with Gasteiger partial charge < -0.3 is 23.4 Å². The Morgan fingerprint density at radius 2 is 0.839 bits per heavy atom. The Kier molecular flexibility index (Phi) is 24.4. The van der Waals surface area contributed by atoms with Gasteiger partial charge in [-0.05, 0) is 36.3 Å². The molecule has 4 atom stereocenters. The van der Waals surface area contributed by atoms with Crippen molar-refractivity contribution < 1.29 is 47.3 Å². The van der Waals surface area contributed by atoms with E-state index in [1.54, 1.807) is 0 Å². The summed E-state index contributed by atoms with van der Waals surface area (Å²) < 4.78 is 28.6. The second-order valence-corrected chi connectivity index (χ2v) is 46.6. The molecule has 0 aliphatic carbocycles. The third-order valence-electron chi connectivity index (χ3n) is 11.4. The van der Waals surface area contributed by atoms with E-state index < -0.39 is 59.2 Å². The molecule has 0 N–H and O–H groups in total. The molecule has 4 unspecified atom stereocenters. The zero-order chi connectivity index (χ0) is 43.5. The SMILES string of the molecule is CCCC[Si](CCCC)(CCCC)C(COC(=O)C(C)[Si](C)(C)C)CC(=O)OCC(CC(=O)OCC(=O)OCC(CC(=O)O[Si](C)(C)C)[Si](C)(C)C)[Si](C)(C)C. The lowest BCUT2D eigenvalue weighted by molar-refractivity contribution is -0.159. The Bertz CT molecular complexity index is 1200. The second kappa shape index (κ2) is 25.1. The van der Waals surface area contributed by atoms with Gasteiger partial charge in [-0.15, -0.1) is 0 Å².